The number of aliphatic hydroxyl groups is 1. The molecule has 1 aliphatic heterocycles. The summed E-state index contributed by atoms with van der Waals surface area (Å²) < 4.78 is 29.9. The van der Waals surface area contributed by atoms with Gasteiger partial charge in [0.25, 0.3) is 10.0 Å². The van der Waals surface area contributed by atoms with E-state index in [1.54, 1.807) is 12.1 Å². The maximum atomic E-state index is 13.8. The van der Waals surface area contributed by atoms with Crippen molar-refractivity contribution in [3.05, 3.63) is 59.2 Å². The number of nitrogens with two attached hydrogens (primary N) is 1. The number of hydrogen-bond acceptors (Lipinski definition) is 6. The number of nitrogens with one attached hydrogen (secondary N) is 2. The molecule has 2 aromatic rings. The molecule has 5 N–H and O–H groups in total. The van der Waals surface area contributed by atoms with Crippen molar-refractivity contribution in [1.29, 1.82) is 0 Å². The summed E-state index contributed by atoms with van der Waals surface area (Å²) in [5, 5.41) is 16.3. The van der Waals surface area contributed by atoms with Crippen molar-refractivity contribution >= 4 is 44.8 Å². The third kappa shape index (κ3) is 3.94. The van der Waals surface area contributed by atoms with Crippen molar-refractivity contribution < 1.29 is 23.1 Å². The Bertz CT molecular complexity index is 1380. The van der Waals surface area contributed by atoms with Crippen molar-refractivity contribution in [3.63, 3.8) is 0 Å². The van der Waals surface area contributed by atoms with Crippen molar-refractivity contribution in [1.82, 2.24) is 0 Å². The number of Topliss-reactive ketones (excluding diaryl/α,β-unsaturated/α-hetero) is 1. The van der Waals surface area contributed by atoms with Gasteiger partial charge < -0.3 is 21.5 Å². The summed E-state index contributed by atoms with van der Waals surface area (Å²) in [6.45, 7) is 5.94. The zero-order valence-electron chi connectivity index (χ0n) is 19.0. The Morgan fingerprint density at radius 2 is 1.94 bits per heavy atom. The maximum Gasteiger partial charge on any atom is 0.316 e. The fourth-order valence-electron chi connectivity index (χ4n) is 4.34. The van der Waals surface area contributed by atoms with E-state index in [0.717, 1.165) is 6.42 Å². The largest absolute Gasteiger partial charge is 0.506 e. The molecule has 0 aromatic heterocycles. The quantitative estimate of drug-likeness (QED) is 0.507. The number of amides is 2. The van der Waals surface area contributed by atoms with Gasteiger partial charge >= 0.3 is 6.03 Å². The van der Waals surface area contributed by atoms with E-state index in [1.165, 1.54) is 18.2 Å². The molecule has 10 heteroatoms. The minimum Gasteiger partial charge on any atom is -0.506 e. The average molecular weight is 483 g/mol. The lowest BCUT2D eigenvalue weighted by molar-refractivity contribution is -0.120. The zero-order valence-corrected chi connectivity index (χ0v) is 19.9. The molecule has 1 aliphatic carbocycles. The number of nitrogens with zero attached hydrogens (tertiary/aromatic N) is 1. The van der Waals surface area contributed by atoms with E-state index in [9.17, 15) is 23.1 Å². The molecule has 1 heterocycles. The summed E-state index contributed by atoms with van der Waals surface area (Å²) in [6, 6.07) is 10.4. The summed E-state index contributed by atoms with van der Waals surface area (Å²) in [5.74, 6) is -0.614. The Kier molecular flexibility index (Phi) is 5.72. The highest BCUT2D eigenvalue weighted by atomic mass is 32.2. The molecule has 2 amide bonds. The van der Waals surface area contributed by atoms with Crippen LogP contribution in [0, 0.1) is 5.92 Å². The lowest BCUT2D eigenvalue weighted by atomic mass is 9.66. The molecule has 178 valence electrons. The Morgan fingerprint density at radius 1 is 1.24 bits per heavy atom. The van der Waals surface area contributed by atoms with Gasteiger partial charge in [-0.1, -0.05) is 38.1 Å². The molecule has 4 rings (SSSR count). The van der Waals surface area contributed by atoms with Gasteiger partial charge in [0.15, 0.2) is 11.6 Å². The van der Waals surface area contributed by atoms with E-state index in [2.05, 4.69) is 28.9 Å². The molecule has 0 saturated heterocycles. The van der Waals surface area contributed by atoms with Crippen LogP contribution in [0.3, 0.4) is 0 Å². The van der Waals surface area contributed by atoms with E-state index in [1.807, 2.05) is 19.1 Å². The predicted molar refractivity (Wildman–Crippen MR) is 130 cm³/mol. The number of sulfonamides is 1. The van der Waals surface area contributed by atoms with Crippen LogP contribution in [0.15, 0.2) is 57.3 Å². The summed E-state index contributed by atoms with van der Waals surface area (Å²) in [7, 11) is -4.25. The van der Waals surface area contributed by atoms with E-state index in [4.69, 9.17) is 5.73 Å². The maximum absolute atomic E-state index is 13.8. The highest BCUT2D eigenvalue weighted by Crippen LogP contribution is 2.44. The van der Waals surface area contributed by atoms with Gasteiger partial charge in [0.1, 0.15) is 16.2 Å². The van der Waals surface area contributed by atoms with Gasteiger partial charge in [0.2, 0.25) is 0 Å². The highest BCUT2D eigenvalue weighted by molar-refractivity contribution is 7.90. The Hall–Kier alpha value is -3.66. The molecule has 0 radical (unpaired) electrons. The molecule has 34 heavy (non-hydrogen) atoms. The van der Waals surface area contributed by atoms with Crippen LogP contribution in [0.5, 0.6) is 0 Å². The van der Waals surface area contributed by atoms with Crippen LogP contribution in [-0.4, -0.2) is 31.2 Å². The first-order valence-electron chi connectivity index (χ1n) is 10.8. The van der Waals surface area contributed by atoms with Crippen LogP contribution in [-0.2, 0) is 20.2 Å². The van der Waals surface area contributed by atoms with Crippen molar-refractivity contribution in [3.8, 4) is 0 Å². The van der Waals surface area contributed by atoms with E-state index < -0.39 is 27.3 Å². The second-order valence-corrected chi connectivity index (χ2v) is 10.7. The van der Waals surface area contributed by atoms with Gasteiger partial charge in [-0.25, -0.2) is 4.79 Å². The SMILES string of the molecule is CC(C)CC[C@@]1(C)C(=O)C(C2=NS(=O)(=O)c3cc(NC(N)=O)ccc3N2)=C(O)c2ccccc21. The lowest BCUT2D eigenvalue weighted by Gasteiger charge is -2.36. The average Bonchev–Trinajstić information content (AvgIpc) is 2.76. The predicted octanol–water partition coefficient (Wildman–Crippen LogP) is 3.94. The second kappa shape index (κ2) is 8.28. The fourth-order valence-corrected chi connectivity index (χ4v) is 5.49. The van der Waals surface area contributed by atoms with Gasteiger partial charge in [-0.2, -0.15) is 8.42 Å². The first kappa shape index (κ1) is 23.5. The zero-order chi connectivity index (χ0) is 24.8. The molecule has 0 bridgehead atoms. The van der Waals surface area contributed by atoms with Gasteiger partial charge in [0, 0.05) is 11.3 Å². The first-order chi connectivity index (χ1) is 15.9. The Balaban J connectivity index is 1.84. The molecule has 2 aromatic carbocycles. The van der Waals surface area contributed by atoms with Gasteiger partial charge in [-0.05, 0) is 49.4 Å². The van der Waals surface area contributed by atoms with Crippen molar-refractivity contribution in [2.75, 3.05) is 10.6 Å². The van der Waals surface area contributed by atoms with E-state index in [0.29, 0.717) is 23.5 Å². The number of ketones is 1. The number of carbonyl (C=O) groups excluding carboxylic acids is 2. The number of carbonyl (C=O) groups is 2. The molecule has 2 aliphatic rings. The van der Waals surface area contributed by atoms with Gasteiger partial charge in [-0.15, -0.1) is 4.40 Å². The summed E-state index contributed by atoms with van der Waals surface area (Å²) in [6.07, 6.45) is 1.29. The molecule has 0 spiro atoms. The third-order valence-electron chi connectivity index (χ3n) is 6.19. The molecule has 0 fully saturated rings. The van der Waals surface area contributed by atoms with E-state index >= 15 is 0 Å². The van der Waals surface area contributed by atoms with Gasteiger partial charge in [-0.3, -0.25) is 4.79 Å². The summed E-state index contributed by atoms with van der Waals surface area (Å²) in [5.41, 5.74) is 5.49. The lowest BCUT2D eigenvalue weighted by Crippen LogP contribution is -2.42. The Labute approximate surface area is 197 Å². The highest BCUT2D eigenvalue weighted by Gasteiger charge is 2.46. The number of urea groups is 1. The van der Waals surface area contributed by atoms with Crippen LogP contribution in [0.1, 0.15) is 44.7 Å². The van der Waals surface area contributed by atoms with Crippen molar-refractivity contribution in [2.24, 2.45) is 16.0 Å². The molecule has 0 unspecified atom stereocenters. The number of rotatable bonds is 5. The number of benzene rings is 2. The summed E-state index contributed by atoms with van der Waals surface area (Å²) >= 11 is 0. The first-order valence-corrected chi connectivity index (χ1v) is 12.3. The minimum absolute atomic E-state index is 0.163. The monoisotopic (exact) mass is 482 g/mol. The number of anilines is 2. The standard InChI is InChI=1S/C24H26N4O5S/c1-13(2)10-11-24(3)16-7-5-4-6-15(16)20(29)19(21(24)30)22-27-17-9-8-14(26-23(25)31)12-18(17)34(32,33)28-22/h4-9,12-13,29H,10-11H2,1-3H3,(H,27,28)(H3,25,26,31)/t24-/m1/s1. The van der Waals surface area contributed by atoms with Crippen LogP contribution < -0.4 is 16.4 Å². The molecule has 0 saturated carbocycles. The second-order valence-electron chi connectivity index (χ2n) is 9.10. The molecule has 9 nitrogen and oxygen atoms in total. The normalized spacial score (nSPS) is 20.8. The minimum atomic E-state index is -4.25. The molecule has 1 atom stereocenters. The topological polar surface area (TPSA) is 151 Å². The number of fused-ring (bicyclic) bond motifs is 2. The van der Waals surface area contributed by atoms with Gasteiger partial charge in [0.05, 0.1) is 11.1 Å². The number of amidine groups is 1. The van der Waals surface area contributed by atoms with Crippen molar-refractivity contribution in [2.45, 2.75) is 43.9 Å². The number of aliphatic hydroxyl groups excluding tert-OH is 1. The third-order valence-corrected chi connectivity index (χ3v) is 7.51. The molecular weight excluding hydrogens is 456 g/mol. The number of primary amides is 1. The number of hydrogen-bond donors (Lipinski definition) is 4. The Morgan fingerprint density at radius 3 is 2.62 bits per heavy atom. The van der Waals surface area contributed by atoms with Crippen LogP contribution in [0.25, 0.3) is 5.76 Å². The smallest absolute Gasteiger partial charge is 0.316 e. The fraction of sp³-hybridized carbons (Fsp3) is 0.292. The van der Waals surface area contributed by atoms with Crippen LogP contribution in [0.4, 0.5) is 16.2 Å². The van der Waals surface area contributed by atoms with E-state index in [-0.39, 0.29) is 33.4 Å². The molecular formula is C24H26N4O5S. The summed E-state index contributed by atoms with van der Waals surface area (Å²) in [4.78, 5) is 24.8. The van der Waals surface area contributed by atoms with Crippen LogP contribution >= 0.6 is 0 Å². The van der Waals surface area contributed by atoms with Crippen LogP contribution in [0.2, 0.25) is 0 Å².